The molecule has 3 heteroatoms. The van der Waals surface area contributed by atoms with E-state index >= 15 is 0 Å². The van der Waals surface area contributed by atoms with Crippen molar-refractivity contribution in [2.24, 2.45) is 11.7 Å². The maximum absolute atomic E-state index is 8.23. The zero-order valence-corrected chi connectivity index (χ0v) is 4.81. The second-order valence-electron chi connectivity index (χ2n) is 1.55. The minimum Gasteiger partial charge on any atom is -0.387 e. The Labute approximate surface area is 48.6 Å². The fraction of sp³-hybridized carbons (Fsp3) is 0.600. The third-order valence-electron chi connectivity index (χ3n) is 0.940. The standard InChI is InChI=1S/C5H9N3/c1-2-4(3-6)5(7)8/h4H,2H2,1H3,(H3,7,8). The van der Waals surface area contributed by atoms with E-state index in [1.807, 2.05) is 13.0 Å². The van der Waals surface area contributed by atoms with Gasteiger partial charge in [0.15, 0.2) is 0 Å². The molecule has 0 aliphatic carbocycles. The van der Waals surface area contributed by atoms with Crippen molar-refractivity contribution in [3.8, 4) is 6.07 Å². The predicted molar refractivity (Wildman–Crippen MR) is 31.3 cm³/mol. The van der Waals surface area contributed by atoms with Gasteiger partial charge in [-0.2, -0.15) is 5.26 Å². The van der Waals surface area contributed by atoms with E-state index in [4.69, 9.17) is 16.4 Å². The molecule has 0 aliphatic rings. The normalized spacial score (nSPS) is 12.0. The van der Waals surface area contributed by atoms with Gasteiger partial charge in [0, 0.05) is 0 Å². The van der Waals surface area contributed by atoms with Crippen molar-refractivity contribution in [1.29, 1.82) is 10.7 Å². The summed E-state index contributed by atoms with van der Waals surface area (Å²) >= 11 is 0. The molecule has 0 fully saturated rings. The number of nitrogens with one attached hydrogen (secondary N) is 1. The zero-order chi connectivity index (χ0) is 6.57. The first-order valence-corrected chi connectivity index (χ1v) is 2.45. The molecule has 0 aromatic carbocycles. The lowest BCUT2D eigenvalue weighted by Gasteiger charge is -1.98. The molecule has 1 unspecified atom stereocenters. The Morgan fingerprint density at radius 3 is 2.50 bits per heavy atom. The summed E-state index contributed by atoms with van der Waals surface area (Å²) in [7, 11) is 0. The summed E-state index contributed by atoms with van der Waals surface area (Å²) < 4.78 is 0. The molecule has 0 radical (unpaired) electrons. The highest BCUT2D eigenvalue weighted by Gasteiger charge is 2.05. The van der Waals surface area contributed by atoms with Gasteiger partial charge in [0.25, 0.3) is 0 Å². The van der Waals surface area contributed by atoms with Gasteiger partial charge in [-0.15, -0.1) is 0 Å². The van der Waals surface area contributed by atoms with E-state index < -0.39 is 0 Å². The smallest absolute Gasteiger partial charge is 0.108 e. The van der Waals surface area contributed by atoms with Crippen molar-refractivity contribution in [3.05, 3.63) is 0 Å². The van der Waals surface area contributed by atoms with Gasteiger partial charge in [-0.3, -0.25) is 5.41 Å². The molecule has 0 aromatic rings. The summed E-state index contributed by atoms with van der Waals surface area (Å²) in [4.78, 5) is 0. The topological polar surface area (TPSA) is 73.7 Å². The van der Waals surface area contributed by atoms with Gasteiger partial charge in [-0.1, -0.05) is 6.92 Å². The number of nitriles is 1. The maximum Gasteiger partial charge on any atom is 0.108 e. The van der Waals surface area contributed by atoms with Crippen LogP contribution >= 0.6 is 0 Å². The molecule has 1 atom stereocenters. The third kappa shape index (κ3) is 1.61. The van der Waals surface area contributed by atoms with Crippen molar-refractivity contribution in [2.45, 2.75) is 13.3 Å². The van der Waals surface area contributed by atoms with E-state index in [2.05, 4.69) is 0 Å². The van der Waals surface area contributed by atoms with Crippen molar-refractivity contribution in [1.82, 2.24) is 0 Å². The molecule has 0 bridgehead atoms. The Bertz CT molecular complexity index is 122. The van der Waals surface area contributed by atoms with Gasteiger partial charge in [-0.25, -0.2) is 0 Å². The molecule has 0 aromatic heterocycles. The van der Waals surface area contributed by atoms with Gasteiger partial charge in [0.05, 0.1) is 6.07 Å². The van der Waals surface area contributed by atoms with Crippen LogP contribution in [0.1, 0.15) is 13.3 Å². The Hall–Kier alpha value is -1.04. The average Bonchev–Trinajstić information content (AvgIpc) is 1.69. The Morgan fingerprint density at radius 2 is 2.50 bits per heavy atom. The first-order chi connectivity index (χ1) is 3.72. The lowest BCUT2D eigenvalue weighted by atomic mass is 10.1. The van der Waals surface area contributed by atoms with Gasteiger partial charge in [0.1, 0.15) is 11.8 Å². The zero-order valence-electron chi connectivity index (χ0n) is 4.81. The van der Waals surface area contributed by atoms with Crippen LogP contribution in [0.25, 0.3) is 0 Å². The Kier molecular flexibility index (Phi) is 2.63. The summed E-state index contributed by atoms with van der Waals surface area (Å²) in [5, 5.41) is 15.0. The molecule has 0 heterocycles. The highest BCUT2D eigenvalue weighted by molar-refractivity contribution is 5.81. The number of rotatable bonds is 2. The van der Waals surface area contributed by atoms with E-state index in [9.17, 15) is 0 Å². The van der Waals surface area contributed by atoms with Crippen molar-refractivity contribution >= 4 is 5.84 Å². The van der Waals surface area contributed by atoms with E-state index in [1.165, 1.54) is 0 Å². The summed E-state index contributed by atoms with van der Waals surface area (Å²) in [6, 6.07) is 1.90. The lowest BCUT2D eigenvalue weighted by molar-refractivity contribution is 0.816. The maximum atomic E-state index is 8.23. The van der Waals surface area contributed by atoms with Gasteiger partial charge >= 0.3 is 0 Å². The average molecular weight is 111 g/mol. The van der Waals surface area contributed by atoms with Crippen LogP contribution < -0.4 is 5.73 Å². The van der Waals surface area contributed by atoms with Crippen molar-refractivity contribution in [2.75, 3.05) is 0 Å². The highest BCUT2D eigenvalue weighted by Crippen LogP contribution is 1.96. The Morgan fingerprint density at radius 1 is 2.00 bits per heavy atom. The molecule has 44 valence electrons. The van der Waals surface area contributed by atoms with Crippen molar-refractivity contribution < 1.29 is 0 Å². The molecule has 0 rings (SSSR count). The number of nitrogens with zero attached hydrogens (tertiary/aromatic N) is 1. The molecular formula is C5H9N3. The third-order valence-corrected chi connectivity index (χ3v) is 0.940. The first-order valence-electron chi connectivity index (χ1n) is 2.45. The monoisotopic (exact) mass is 111 g/mol. The van der Waals surface area contributed by atoms with Crippen molar-refractivity contribution in [3.63, 3.8) is 0 Å². The quantitative estimate of drug-likeness (QED) is 0.401. The summed E-state index contributed by atoms with van der Waals surface area (Å²) in [5.74, 6) is -0.412. The number of hydrogen-bond donors (Lipinski definition) is 2. The molecule has 0 saturated heterocycles. The summed E-state index contributed by atoms with van der Waals surface area (Å²) in [6.07, 6.45) is 0.631. The lowest BCUT2D eigenvalue weighted by Crippen LogP contribution is -2.19. The van der Waals surface area contributed by atoms with Gasteiger partial charge in [0.2, 0.25) is 0 Å². The second-order valence-corrected chi connectivity index (χ2v) is 1.55. The van der Waals surface area contributed by atoms with Gasteiger partial charge < -0.3 is 5.73 Å². The first kappa shape index (κ1) is 6.96. The minimum absolute atomic E-state index is 0.0324. The summed E-state index contributed by atoms with van der Waals surface area (Å²) in [6.45, 7) is 1.83. The second kappa shape index (κ2) is 3.03. The van der Waals surface area contributed by atoms with Crippen LogP contribution in [0, 0.1) is 22.7 Å². The molecule has 0 aliphatic heterocycles. The van der Waals surface area contributed by atoms with E-state index in [0.717, 1.165) is 0 Å². The molecule has 3 nitrogen and oxygen atoms in total. The molecule has 8 heavy (non-hydrogen) atoms. The van der Waals surface area contributed by atoms with E-state index in [0.29, 0.717) is 6.42 Å². The van der Waals surface area contributed by atoms with Crippen LogP contribution in [-0.2, 0) is 0 Å². The number of nitrogens with two attached hydrogens (primary N) is 1. The molecular weight excluding hydrogens is 102 g/mol. The van der Waals surface area contributed by atoms with Crippen LogP contribution in [0.5, 0.6) is 0 Å². The minimum atomic E-state index is -0.380. The van der Waals surface area contributed by atoms with Crippen LogP contribution in [0.3, 0.4) is 0 Å². The fourth-order valence-electron chi connectivity index (χ4n) is 0.381. The molecule has 0 spiro atoms. The Balaban J connectivity index is 3.76. The number of hydrogen-bond acceptors (Lipinski definition) is 2. The fourth-order valence-corrected chi connectivity index (χ4v) is 0.381. The highest BCUT2D eigenvalue weighted by atomic mass is 14.7. The van der Waals surface area contributed by atoms with E-state index in [1.54, 1.807) is 0 Å². The SMILES string of the molecule is CCC(C#N)C(=N)N. The molecule has 0 saturated carbocycles. The predicted octanol–water partition coefficient (Wildman–Crippen LogP) is 0.472. The van der Waals surface area contributed by atoms with Crippen LogP contribution in [0.15, 0.2) is 0 Å². The van der Waals surface area contributed by atoms with Gasteiger partial charge in [-0.05, 0) is 6.42 Å². The van der Waals surface area contributed by atoms with Crippen LogP contribution in [0.4, 0.5) is 0 Å². The number of amidine groups is 1. The molecule has 0 amide bonds. The van der Waals surface area contributed by atoms with Crippen LogP contribution in [0.2, 0.25) is 0 Å². The van der Waals surface area contributed by atoms with E-state index in [-0.39, 0.29) is 11.8 Å². The molecule has 3 N–H and O–H groups in total. The van der Waals surface area contributed by atoms with Crippen LogP contribution in [-0.4, -0.2) is 5.84 Å². The largest absolute Gasteiger partial charge is 0.387 e. The summed E-state index contributed by atoms with van der Waals surface area (Å²) in [5.41, 5.74) is 5.02.